The molecule has 0 bridgehead atoms. The molecule has 0 spiro atoms. The monoisotopic (exact) mass is 288 g/mol. The van der Waals surface area contributed by atoms with Gasteiger partial charge in [0.2, 0.25) is 11.2 Å². The number of nitrogens with one attached hydrogen (secondary N) is 2. The van der Waals surface area contributed by atoms with E-state index in [9.17, 15) is 4.79 Å². The quantitative estimate of drug-likeness (QED) is 0.661. The Hall–Kier alpha value is -0.910. The highest BCUT2D eigenvalue weighted by Gasteiger charge is 2.39. The molecule has 1 atom stereocenters. The largest absolute Gasteiger partial charge is 0.309 e. The number of aromatic nitrogens is 2. The van der Waals surface area contributed by atoms with E-state index in [1.54, 1.807) is 0 Å². The first-order valence-electron chi connectivity index (χ1n) is 5.82. The standard InChI is InChI=1S/C11H14Cl2N4O/c1-2-11(4-3-5-14-11)9(18)16-8-6-7(12)15-10(13)17-8/h6,14H,2-5H2,1H3,(H,15,16,17,18). The summed E-state index contributed by atoms with van der Waals surface area (Å²) < 4.78 is 0. The molecule has 0 aliphatic carbocycles. The fraction of sp³-hybridized carbons (Fsp3) is 0.545. The number of hydrogen-bond acceptors (Lipinski definition) is 4. The van der Waals surface area contributed by atoms with Gasteiger partial charge in [0, 0.05) is 6.07 Å². The lowest BCUT2D eigenvalue weighted by Crippen LogP contribution is -2.50. The molecule has 1 saturated heterocycles. The summed E-state index contributed by atoms with van der Waals surface area (Å²) in [4.78, 5) is 19.9. The van der Waals surface area contributed by atoms with Crippen LogP contribution in [0.1, 0.15) is 26.2 Å². The predicted molar refractivity (Wildman–Crippen MR) is 70.9 cm³/mol. The van der Waals surface area contributed by atoms with Crippen molar-refractivity contribution in [3.63, 3.8) is 0 Å². The zero-order valence-electron chi connectivity index (χ0n) is 9.96. The summed E-state index contributed by atoms with van der Waals surface area (Å²) in [5.41, 5.74) is -0.510. The first kappa shape index (κ1) is 13.5. The van der Waals surface area contributed by atoms with Gasteiger partial charge in [-0.1, -0.05) is 18.5 Å². The fourth-order valence-corrected chi connectivity index (χ4v) is 2.56. The first-order chi connectivity index (χ1) is 8.55. The van der Waals surface area contributed by atoms with Crippen LogP contribution in [0.25, 0.3) is 0 Å². The summed E-state index contributed by atoms with van der Waals surface area (Å²) in [7, 11) is 0. The van der Waals surface area contributed by atoms with Crippen molar-refractivity contribution >= 4 is 34.9 Å². The molecule has 2 N–H and O–H groups in total. The molecule has 1 aromatic rings. The van der Waals surface area contributed by atoms with Gasteiger partial charge in [0.05, 0.1) is 5.54 Å². The molecular formula is C11H14Cl2N4O. The summed E-state index contributed by atoms with van der Waals surface area (Å²) in [6.45, 7) is 2.84. The molecule has 1 aliphatic rings. The predicted octanol–water partition coefficient (Wildman–Crippen LogP) is 2.25. The molecule has 0 radical (unpaired) electrons. The Morgan fingerprint density at radius 1 is 1.56 bits per heavy atom. The van der Waals surface area contributed by atoms with Crippen molar-refractivity contribution in [3.05, 3.63) is 16.5 Å². The maximum Gasteiger partial charge on any atom is 0.245 e. The van der Waals surface area contributed by atoms with Gasteiger partial charge >= 0.3 is 0 Å². The second-order valence-corrected chi connectivity index (χ2v) is 4.99. The minimum absolute atomic E-state index is 0.0164. The Labute approximate surface area is 115 Å². The van der Waals surface area contributed by atoms with Crippen molar-refractivity contribution in [2.45, 2.75) is 31.7 Å². The van der Waals surface area contributed by atoms with Gasteiger partial charge in [-0.05, 0) is 37.4 Å². The summed E-state index contributed by atoms with van der Waals surface area (Å²) in [6, 6.07) is 1.48. The number of carbonyl (C=O) groups excluding carboxylic acids is 1. The van der Waals surface area contributed by atoms with Crippen LogP contribution < -0.4 is 10.6 Å². The van der Waals surface area contributed by atoms with Crippen LogP contribution in [0.5, 0.6) is 0 Å². The van der Waals surface area contributed by atoms with Crippen LogP contribution >= 0.6 is 23.2 Å². The molecule has 2 heterocycles. The highest BCUT2D eigenvalue weighted by molar-refractivity contribution is 6.32. The van der Waals surface area contributed by atoms with Crippen molar-refractivity contribution in [1.29, 1.82) is 0 Å². The third-order valence-corrected chi connectivity index (χ3v) is 3.55. The molecule has 7 heteroatoms. The smallest absolute Gasteiger partial charge is 0.245 e. The van der Waals surface area contributed by atoms with Gasteiger partial charge in [0.1, 0.15) is 11.0 Å². The Kier molecular flexibility index (Phi) is 4.04. The highest BCUT2D eigenvalue weighted by Crippen LogP contribution is 2.25. The van der Waals surface area contributed by atoms with E-state index in [0.717, 1.165) is 25.8 Å². The van der Waals surface area contributed by atoms with Crippen molar-refractivity contribution < 1.29 is 4.79 Å². The molecule has 1 unspecified atom stereocenters. The summed E-state index contributed by atoms with van der Waals surface area (Å²) >= 11 is 11.4. The Morgan fingerprint density at radius 3 is 2.89 bits per heavy atom. The van der Waals surface area contributed by atoms with Crippen LogP contribution in [0, 0.1) is 0 Å². The van der Waals surface area contributed by atoms with Gasteiger partial charge in [0.25, 0.3) is 0 Å². The van der Waals surface area contributed by atoms with Crippen molar-refractivity contribution in [2.24, 2.45) is 0 Å². The molecule has 18 heavy (non-hydrogen) atoms. The van der Waals surface area contributed by atoms with Crippen LogP contribution in [0.15, 0.2) is 6.07 Å². The highest BCUT2D eigenvalue weighted by atomic mass is 35.5. The minimum atomic E-state index is -0.510. The van der Waals surface area contributed by atoms with Crippen molar-refractivity contribution in [3.8, 4) is 0 Å². The van der Waals surface area contributed by atoms with E-state index in [4.69, 9.17) is 23.2 Å². The molecule has 0 saturated carbocycles. The number of amides is 1. The first-order valence-corrected chi connectivity index (χ1v) is 6.58. The van der Waals surface area contributed by atoms with Crippen LogP contribution in [-0.4, -0.2) is 28.0 Å². The van der Waals surface area contributed by atoms with Gasteiger partial charge in [0.15, 0.2) is 0 Å². The molecule has 0 aromatic carbocycles. The third-order valence-electron chi connectivity index (χ3n) is 3.19. The normalized spacial score (nSPS) is 23.1. The van der Waals surface area contributed by atoms with Gasteiger partial charge in [-0.3, -0.25) is 4.79 Å². The van der Waals surface area contributed by atoms with E-state index in [-0.39, 0.29) is 16.3 Å². The summed E-state index contributed by atoms with van der Waals surface area (Å²) in [6.07, 6.45) is 2.54. The van der Waals surface area contributed by atoms with Crippen LogP contribution in [-0.2, 0) is 4.79 Å². The maximum absolute atomic E-state index is 12.3. The second kappa shape index (κ2) is 5.38. The summed E-state index contributed by atoms with van der Waals surface area (Å²) in [5.74, 6) is 0.222. The SMILES string of the molecule is CCC1(C(=O)Nc2cc(Cl)nc(Cl)n2)CCCN1. The maximum atomic E-state index is 12.3. The number of nitrogens with zero attached hydrogens (tertiary/aromatic N) is 2. The van der Waals surface area contributed by atoms with E-state index in [1.807, 2.05) is 6.92 Å². The lowest BCUT2D eigenvalue weighted by molar-refractivity contribution is -0.122. The fourth-order valence-electron chi connectivity index (χ4n) is 2.15. The lowest BCUT2D eigenvalue weighted by Gasteiger charge is -2.26. The molecule has 2 rings (SSSR count). The molecule has 1 aliphatic heterocycles. The lowest BCUT2D eigenvalue weighted by atomic mass is 9.93. The van der Waals surface area contributed by atoms with Crippen molar-refractivity contribution in [1.82, 2.24) is 15.3 Å². The van der Waals surface area contributed by atoms with E-state index in [0.29, 0.717) is 5.82 Å². The number of rotatable bonds is 3. The van der Waals surface area contributed by atoms with E-state index < -0.39 is 5.54 Å². The number of carbonyl (C=O) groups is 1. The van der Waals surface area contributed by atoms with Crippen molar-refractivity contribution in [2.75, 3.05) is 11.9 Å². The Morgan fingerprint density at radius 2 is 2.33 bits per heavy atom. The number of halogens is 2. The van der Waals surface area contributed by atoms with Gasteiger partial charge in [-0.25, -0.2) is 9.97 Å². The average Bonchev–Trinajstić information content (AvgIpc) is 2.77. The molecule has 1 fully saturated rings. The zero-order chi connectivity index (χ0) is 13.2. The number of hydrogen-bond donors (Lipinski definition) is 2. The Bertz CT molecular complexity index is 440. The van der Waals surface area contributed by atoms with Crippen LogP contribution in [0.4, 0.5) is 5.82 Å². The second-order valence-electron chi connectivity index (χ2n) is 4.27. The van der Waals surface area contributed by atoms with Gasteiger partial charge in [-0.2, -0.15) is 0 Å². The molecule has 5 nitrogen and oxygen atoms in total. The average molecular weight is 289 g/mol. The van der Waals surface area contributed by atoms with Gasteiger partial charge < -0.3 is 10.6 Å². The zero-order valence-corrected chi connectivity index (χ0v) is 11.5. The van der Waals surface area contributed by atoms with Gasteiger partial charge in [-0.15, -0.1) is 0 Å². The Balaban J connectivity index is 2.15. The van der Waals surface area contributed by atoms with E-state index >= 15 is 0 Å². The van der Waals surface area contributed by atoms with E-state index in [2.05, 4.69) is 20.6 Å². The molecular weight excluding hydrogens is 275 g/mol. The van der Waals surface area contributed by atoms with Crippen LogP contribution in [0.2, 0.25) is 10.4 Å². The topological polar surface area (TPSA) is 66.9 Å². The minimum Gasteiger partial charge on any atom is -0.309 e. The molecule has 1 amide bonds. The van der Waals surface area contributed by atoms with E-state index in [1.165, 1.54) is 6.07 Å². The molecule has 98 valence electrons. The molecule has 1 aromatic heterocycles. The van der Waals surface area contributed by atoms with Crippen LogP contribution in [0.3, 0.4) is 0 Å². The summed E-state index contributed by atoms with van der Waals surface area (Å²) in [5, 5.41) is 6.20. The third kappa shape index (κ3) is 2.74. The number of anilines is 1.